The van der Waals surface area contributed by atoms with E-state index in [4.69, 9.17) is 9.84 Å². The van der Waals surface area contributed by atoms with Gasteiger partial charge in [-0.3, -0.25) is 9.59 Å². The van der Waals surface area contributed by atoms with Gasteiger partial charge in [0, 0.05) is 6.42 Å². The Balaban J connectivity index is 4.41. The van der Waals surface area contributed by atoms with Gasteiger partial charge in [0.1, 0.15) is 5.60 Å². The quantitative estimate of drug-likeness (QED) is 0.616. The van der Waals surface area contributed by atoms with Crippen LogP contribution in [0, 0.1) is 5.92 Å². The predicted octanol–water partition coefficient (Wildman–Crippen LogP) is 2.76. The maximum absolute atomic E-state index is 11.9. The van der Waals surface area contributed by atoms with Crippen LogP contribution in [0.4, 0.5) is 13.2 Å². The smallest absolute Gasteiger partial charge is 0.389 e. The second kappa shape index (κ2) is 6.06. The van der Waals surface area contributed by atoms with Crippen molar-refractivity contribution in [3.63, 3.8) is 0 Å². The van der Waals surface area contributed by atoms with E-state index in [1.807, 2.05) is 0 Å². The standard InChI is InChI=1S/C11H17F3O4/c1-10(2,3)18-9(17)7(8(15)16)5-4-6-11(12,13)14/h7H,4-6H2,1-3H3,(H,15,16)/t7-/m1/s1. The van der Waals surface area contributed by atoms with Gasteiger partial charge in [0.25, 0.3) is 0 Å². The molecule has 0 bridgehead atoms. The minimum atomic E-state index is -4.35. The molecule has 0 aromatic carbocycles. The molecule has 0 saturated heterocycles. The number of ether oxygens (including phenoxy) is 1. The van der Waals surface area contributed by atoms with E-state index in [-0.39, 0.29) is 6.42 Å². The molecular formula is C11H17F3O4. The molecule has 1 N–H and O–H groups in total. The number of hydrogen-bond acceptors (Lipinski definition) is 3. The van der Waals surface area contributed by atoms with Gasteiger partial charge < -0.3 is 9.84 Å². The molecule has 1 atom stereocenters. The zero-order valence-corrected chi connectivity index (χ0v) is 10.5. The highest BCUT2D eigenvalue weighted by molar-refractivity contribution is 5.94. The highest BCUT2D eigenvalue weighted by Gasteiger charge is 2.33. The normalized spacial score (nSPS) is 14.1. The minimum Gasteiger partial charge on any atom is -0.481 e. The molecule has 7 heteroatoms. The van der Waals surface area contributed by atoms with Gasteiger partial charge in [0.2, 0.25) is 0 Å². The summed E-state index contributed by atoms with van der Waals surface area (Å²) in [4.78, 5) is 22.3. The fourth-order valence-electron chi connectivity index (χ4n) is 1.22. The van der Waals surface area contributed by atoms with E-state index < -0.39 is 42.5 Å². The minimum absolute atomic E-state index is 0.385. The van der Waals surface area contributed by atoms with Gasteiger partial charge in [-0.1, -0.05) is 0 Å². The summed E-state index contributed by atoms with van der Waals surface area (Å²) in [5, 5.41) is 8.79. The molecule has 18 heavy (non-hydrogen) atoms. The molecule has 0 fully saturated rings. The van der Waals surface area contributed by atoms with Crippen LogP contribution in [0.15, 0.2) is 0 Å². The van der Waals surface area contributed by atoms with Gasteiger partial charge >= 0.3 is 18.1 Å². The summed E-state index contributed by atoms with van der Waals surface area (Å²) in [6.45, 7) is 4.67. The van der Waals surface area contributed by atoms with Gasteiger partial charge in [-0.2, -0.15) is 13.2 Å². The van der Waals surface area contributed by atoms with E-state index >= 15 is 0 Å². The van der Waals surface area contributed by atoms with Crippen molar-refractivity contribution in [3.05, 3.63) is 0 Å². The van der Waals surface area contributed by atoms with Crippen LogP contribution in [0.5, 0.6) is 0 Å². The fraction of sp³-hybridized carbons (Fsp3) is 0.818. The van der Waals surface area contributed by atoms with Crippen molar-refractivity contribution >= 4 is 11.9 Å². The van der Waals surface area contributed by atoms with Crippen molar-refractivity contribution in [1.29, 1.82) is 0 Å². The fourth-order valence-corrected chi connectivity index (χ4v) is 1.22. The third-order valence-electron chi connectivity index (χ3n) is 1.94. The van der Waals surface area contributed by atoms with Gasteiger partial charge in [-0.15, -0.1) is 0 Å². The van der Waals surface area contributed by atoms with Gasteiger partial charge in [-0.25, -0.2) is 0 Å². The third kappa shape index (κ3) is 7.92. The lowest BCUT2D eigenvalue weighted by atomic mass is 10.0. The topological polar surface area (TPSA) is 63.6 Å². The first-order chi connectivity index (χ1) is 7.92. The molecule has 4 nitrogen and oxygen atoms in total. The van der Waals surface area contributed by atoms with Gasteiger partial charge in [0.15, 0.2) is 5.92 Å². The maximum atomic E-state index is 11.9. The molecule has 0 aromatic heterocycles. The number of carbonyl (C=O) groups is 2. The highest BCUT2D eigenvalue weighted by Crippen LogP contribution is 2.24. The van der Waals surface area contributed by atoms with Crippen molar-refractivity contribution in [2.24, 2.45) is 5.92 Å². The first-order valence-electron chi connectivity index (χ1n) is 5.45. The summed E-state index contributed by atoms with van der Waals surface area (Å²) in [6, 6.07) is 0. The molecule has 106 valence electrons. The monoisotopic (exact) mass is 270 g/mol. The summed E-state index contributed by atoms with van der Waals surface area (Å²) < 4.78 is 40.6. The Labute approximate surface area is 103 Å². The van der Waals surface area contributed by atoms with Crippen molar-refractivity contribution in [3.8, 4) is 0 Å². The third-order valence-corrected chi connectivity index (χ3v) is 1.94. The van der Waals surface area contributed by atoms with Crippen molar-refractivity contribution in [2.45, 2.75) is 51.8 Å². The second-order valence-electron chi connectivity index (χ2n) is 4.93. The summed E-state index contributed by atoms with van der Waals surface area (Å²) in [6.07, 6.45) is -6.26. The summed E-state index contributed by atoms with van der Waals surface area (Å²) in [5.74, 6) is -4.02. The Morgan fingerprint density at radius 3 is 2.06 bits per heavy atom. The molecule has 0 aliphatic heterocycles. The largest absolute Gasteiger partial charge is 0.481 e. The number of alkyl halides is 3. The van der Waals surface area contributed by atoms with Crippen LogP contribution in [0.3, 0.4) is 0 Å². The molecule has 0 aliphatic rings. The average Bonchev–Trinajstić information content (AvgIpc) is 2.06. The molecule has 0 radical (unpaired) electrons. The molecule has 0 aromatic rings. The van der Waals surface area contributed by atoms with Gasteiger partial charge in [0.05, 0.1) is 0 Å². The Kier molecular flexibility index (Phi) is 5.63. The first-order valence-corrected chi connectivity index (χ1v) is 5.45. The molecule has 0 amide bonds. The van der Waals surface area contributed by atoms with Crippen LogP contribution < -0.4 is 0 Å². The summed E-state index contributed by atoms with van der Waals surface area (Å²) in [7, 11) is 0. The van der Waals surface area contributed by atoms with Crippen LogP contribution in [-0.2, 0) is 14.3 Å². The molecule has 0 rings (SSSR count). The lowest BCUT2D eigenvalue weighted by Gasteiger charge is -2.22. The van der Waals surface area contributed by atoms with Crippen molar-refractivity contribution in [1.82, 2.24) is 0 Å². The van der Waals surface area contributed by atoms with E-state index in [0.717, 1.165) is 0 Å². The lowest BCUT2D eigenvalue weighted by Crippen LogP contribution is -2.32. The van der Waals surface area contributed by atoms with Crippen LogP contribution in [0.2, 0.25) is 0 Å². The van der Waals surface area contributed by atoms with E-state index in [2.05, 4.69) is 0 Å². The number of hydrogen-bond donors (Lipinski definition) is 1. The summed E-state index contributed by atoms with van der Waals surface area (Å²) in [5.41, 5.74) is -0.866. The van der Waals surface area contributed by atoms with Crippen LogP contribution in [0.25, 0.3) is 0 Å². The number of rotatable bonds is 5. The zero-order valence-electron chi connectivity index (χ0n) is 10.5. The van der Waals surface area contributed by atoms with E-state index in [1.54, 1.807) is 20.8 Å². The van der Waals surface area contributed by atoms with Crippen LogP contribution in [0.1, 0.15) is 40.0 Å². The average molecular weight is 270 g/mol. The molecule has 0 unspecified atom stereocenters. The van der Waals surface area contributed by atoms with Crippen molar-refractivity contribution in [2.75, 3.05) is 0 Å². The predicted molar refractivity (Wildman–Crippen MR) is 56.9 cm³/mol. The zero-order chi connectivity index (χ0) is 14.6. The van der Waals surface area contributed by atoms with E-state index in [9.17, 15) is 22.8 Å². The Hall–Kier alpha value is -1.27. The van der Waals surface area contributed by atoms with Crippen molar-refractivity contribution < 1.29 is 32.6 Å². The summed E-state index contributed by atoms with van der Waals surface area (Å²) >= 11 is 0. The Morgan fingerprint density at radius 2 is 1.72 bits per heavy atom. The maximum Gasteiger partial charge on any atom is 0.389 e. The van der Waals surface area contributed by atoms with Crippen LogP contribution in [-0.4, -0.2) is 28.8 Å². The molecular weight excluding hydrogens is 253 g/mol. The SMILES string of the molecule is CC(C)(C)OC(=O)[C@H](CCCC(F)(F)F)C(=O)O. The Morgan fingerprint density at radius 1 is 1.22 bits per heavy atom. The second-order valence-corrected chi connectivity index (χ2v) is 4.93. The van der Waals surface area contributed by atoms with Crippen LogP contribution >= 0.6 is 0 Å². The Bertz CT molecular complexity index is 304. The number of carboxylic acid groups (broad SMARTS) is 1. The molecule has 0 heterocycles. The molecule has 0 aliphatic carbocycles. The lowest BCUT2D eigenvalue weighted by molar-refractivity contribution is -0.168. The first kappa shape index (κ1) is 16.7. The number of aliphatic carboxylic acids is 1. The highest BCUT2D eigenvalue weighted by atomic mass is 19.4. The van der Waals surface area contributed by atoms with Gasteiger partial charge in [-0.05, 0) is 33.6 Å². The number of carboxylic acids is 1. The molecule has 0 saturated carbocycles. The van der Waals surface area contributed by atoms with E-state index in [1.165, 1.54) is 0 Å². The number of esters is 1. The number of carbonyl (C=O) groups excluding carboxylic acids is 1. The molecule has 0 spiro atoms. The number of halogens is 3. The van der Waals surface area contributed by atoms with E-state index in [0.29, 0.717) is 0 Å².